The van der Waals surface area contributed by atoms with E-state index in [1.54, 1.807) is 0 Å². The first-order valence-corrected chi connectivity index (χ1v) is 25.8. The second-order valence-corrected chi connectivity index (χ2v) is 20.0. The van der Waals surface area contributed by atoms with E-state index in [0.29, 0.717) is 0 Å². The lowest BCUT2D eigenvalue weighted by atomic mass is 9.91. The zero-order valence-corrected chi connectivity index (χ0v) is 40.7. The van der Waals surface area contributed by atoms with Crippen LogP contribution in [0.2, 0.25) is 0 Å². The van der Waals surface area contributed by atoms with E-state index in [1.807, 2.05) is 0 Å². The van der Waals surface area contributed by atoms with Crippen molar-refractivity contribution in [2.75, 3.05) is 0 Å². The topological polar surface area (TPSA) is 23.0 Å². The zero-order valence-electron chi connectivity index (χ0n) is 40.7. The van der Waals surface area contributed by atoms with Gasteiger partial charge in [0.05, 0.1) is 27.8 Å². The van der Waals surface area contributed by atoms with Gasteiger partial charge in [-0.1, -0.05) is 194 Å². The number of para-hydroxylation sites is 4. The Bertz CT molecular complexity index is 4940. The van der Waals surface area contributed by atoms with Crippen LogP contribution in [0.5, 0.6) is 0 Å². The molecule has 0 unspecified atom stereocenters. The molecule has 16 rings (SSSR count). The second-order valence-electron chi connectivity index (χ2n) is 20.0. The summed E-state index contributed by atoms with van der Waals surface area (Å²) < 4.78 is 11.5. The minimum absolute atomic E-state index is 0.865. The van der Waals surface area contributed by atoms with E-state index < -0.39 is 0 Å². The van der Waals surface area contributed by atoms with Crippen molar-refractivity contribution in [2.24, 2.45) is 0 Å². The number of benzene rings is 13. The molecule has 3 nitrogen and oxygen atoms in total. The predicted molar refractivity (Wildman–Crippen MR) is 317 cm³/mol. The first-order chi connectivity index (χ1) is 37.2. The number of nitrogens with zero attached hydrogens (tertiary/aromatic N) is 2. The lowest BCUT2D eigenvalue weighted by Gasteiger charge is -2.13. The maximum atomic E-state index is 6.74. The van der Waals surface area contributed by atoms with Gasteiger partial charge in [-0.15, -0.1) is 0 Å². The van der Waals surface area contributed by atoms with Crippen LogP contribution in [0.4, 0.5) is 0 Å². The molecule has 0 saturated carbocycles. The van der Waals surface area contributed by atoms with Gasteiger partial charge < -0.3 is 13.6 Å². The van der Waals surface area contributed by atoms with Crippen LogP contribution in [-0.4, -0.2) is 9.13 Å². The van der Waals surface area contributed by atoms with Crippen molar-refractivity contribution in [1.82, 2.24) is 9.13 Å². The summed E-state index contributed by atoms with van der Waals surface area (Å²) >= 11 is 0. The SMILES string of the molecule is c1ccc(-n2c3ccccc3c3cc(-c4ccc5c(c4)c4ccccc4n5-c4cc(-c5ccc(-c6ccc(-c7ccc8c9ccccc9c9ccccc9c8c7)cc6)cc5)c5c(c4)oc4ccccc45)ccc32)cc1. The molecular formula is C72H44N2O. The number of aromatic nitrogens is 2. The first-order valence-electron chi connectivity index (χ1n) is 25.8. The Labute approximate surface area is 432 Å². The molecule has 0 aliphatic rings. The highest BCUT2D eigenvalue weighted by atomic mass is 16.3. The Morgan fingerprint density at radius 3 is 1.19 bits per heavy atom. The van der Waals surface area contributed by atoms with Gasteiger partial charge >= 0.3 is 0 Å². The fourth-order valence-corrected chi connectivity index (χ4v) is 12.4. The molecule has 13 aromatic carbocycles. The van der Waals surface area contributed by atoms with Crippen molar-refractivity contribution in [3.05, 3.63) is 267 Å². The monoisotopic (exact) mass is 952 g/mol. The molecule has 0 aliphatic carbocycles. The molecule has 3 aromatic heterocycles. The van der Waals surface area contributed by atoms with Gasteiger partial charge in [-0.3, -0.25) is 0 Å². The Kier molecular flexibility index (Phi) is 9.04. The molecule has 3 heteroatoms. The summed E-state index contributed by atoms with van der Waals surface area (Å²) in [5.41, 5.74) is 18.1. The Morgan fingerprint density at radius 2 is 0.600 bits per heavy atom. The third-order valence-electron chi connectivity index (χ3n) is 15.9. The van der Waals surface area contributed by atoms with Crippen LogP contribution in [0.15, 0.2) is 271 Å². The van der Waals surface area contributed by atoms with E-state index in [4.69, 9.17) is 4.42 Å². The average Bonchev–Trinajstić information content (AvgIpc) is 4.18. The van der Waals surface area contributed by atoms with E-state index in [2.05, 4.69) is 276 Å². The third-order valence-corrected chi connectivity index (χ3v) is 15.9. The number of fused-ring (bicyclic) bond motifs is 15. The minimum Gasteiger partial charge on any atom is -0.456 e. The molecule has 0 N–H and O–H groups in total. The van der Waals surface area contributed by atoms with Crippen molar-refractivity contribution >= 4 is 97.9 Å². The van der Waals surface area contributed by atoms with E-state index in [0.717, 1.165) is 55.5 Å². The number of rotatable bonds is 6. The van der Waals surface area contributed by atoms with Crippen LogP contribution in [0, 0.1) is 0 Å². The smallest absolute Gasteiger partial charge is 0.138 e. The molecule has 0 bridgehead atoms. The largest absolute Gasteiger partial charge is 0.456 e. The quantitative estimate of drug-likeness (QED) is 0.152. The van der Waals surface area contributed by atoms with Crippen molar-refractivity contribution < 1.29 is 4.42 Å². The van der Waals surface area contributed by atoms with Gasteiger partial charge in [-0.25, -0.2) is 0 Å². The minimum atomic E-state index is 0.865. The van der Waals surface area contributed by atoms with Crippen LogP contribution in [0.1, 0.15) is 0 Å². The fourth-order valence-electron chi connectivity index (χ4n) is 12.4. The molecule has 0 amide bonds. The Balaban J connectivity index is 0.782. The van der Waals surface area contributed by atoms with Gasteiger partial charge in [0.15, 0.2) is 0 Å². The molecule has 0 saturated heterocycles. The molecule has 0 radical (unpaired) electrons. The number of hydrogen-bond acceptors (Lipinski definition) is 1. The van der Waals surface area contributed by atoms with Crippen LogP contribution < -0.4 is 0 Å². The molecule has 16 aromatic rings. The molecule has 3 heterocycles. The van der Waals surface area contributed by atoms with Crippen LogP contribution in [-0.2, 0) is 0 Å². The lowest BCUT2D eigenvalue weighted by Crippen LogP contribution is -1.95. The van der Waals surface area contributed by atoms with Crippen LogP contribution >= 0.6 is 0 Å². The highest BCUT2D eigenvalue weighted by molar-refractivity contribution is 6.26. The van der Waals surface area contributed by atoms with Crippen molar-refractivity contribution in [3.8, 4) is 55.9 Å². The average molecular weight is 953 g/mol. The summed E-state index contributed by atoms with van der Waals surface area (Å²) in [6.07, 6.45) is 0. The molecule has 0 atom stereocenters. The van der Waals surface area contributed by atoms with Gasteiger partial charge in [0.1, 0.15) is 11.2 Å². The van der Waals surface area contributed by atoms with Crippen molar-refractivity contribution in [2.45, 2.75) is 0 Å². The number of furan rings is 1. The maximum Gasteiger partial charge on any atom is 0.138 e. The van der Waals surface area contributed by atoms with Gasteiger partial charge in [0.25, 0.3) is 0 Å². The second kappa shape index (κ2) is 16.3. The fraction of sp³-hybridized carbons (Fsp3) is 0. The highest BCUT2D eigenvalue weighted by Gasteiger charge is 2.20. The normalized spacial score (nSPS) is 12.0. The molecule has 0 spiro atoms. The van der Waals surface area contributed by atoms with E-state index >= 15 is 0 Å². The van der Waals surface area contributed by atoms with Gasteiger partial charge in [-0.05, 0) is 144 Å². The molecular weight excluding hydrogens is 909 g/mol. The van der Waals surface area contributed by atoms with E-state index in [-0.39, 0.29) is 0 Å². The lowest BCUT2D eigenvalue weighted by molar-refractivity contribution is 0.668. The standard InChI is InChI=1S/C72H44N2O/c1-2-14-52(15-3-1)73-66-23-11-8-20-59(66)64-41-50(35-38-68(64)73)51-36-39-69-65(42-51)60-21-9-12-24-67(60)74(69)53-43-62(72-61-22-10-13-25-70(61)75-71(72)44-53)48-32-30-46(31-33-48)45-26-28-47(29-27-45)49-34-37-58-56-18-5-4-16-54(56)55-17-6-7-19-57(55)63(58)40-49/h1-44H. The third kappa shape index (κ3) is 6.41. The maximum absolute atomic E-state index is 6.74. The van der Waals surface area contributed by atoms with Crippen LogP contribution in [0.25, 0.3) is 154 Å². The van der Waals surface area contributed by atoms with Crippen LogP contribution in [0.3, 0.4) is 0 Å². The highest BCUT2D eigenvalue weighted by Crippen LogP contribution is 2.44. The Hall–Kier alpha value is -9.96. The van der Waals surface area contributed by atoms with E-state index in [1.165, 1.54) is 98.3 Å². The molecule has 0 fully saturated rings. The van der Waals surface area contributed by atoms with Crippen molar-refractivity contribution in [3.63, 3.8) is 0 Å². The Morgan fingerprint density at radius 1 is 0.213 bits per heavy atom. The zero-order chi connectivity index (χ0) is 49.1. The van der Waals surface area contributed by atoms with Gasteiger partial charge in [-0.2, -0.15) is 0 Å². The van der Waals surface area contributed by atoms with Gasteiger partial charge in [0, 0.05) is 44.1 Å². The summed E-state index contributed by atoms with van der Waals surface area (Å²) in [6.45, 7) is 0. The summed E-state index contributed by atoms with van der Waals surface area (Å²) in [5.74, 6) is 0. The molecule has 75 heavy (non-hydrogen) atoms. The summed E-state index contributed by atoms with van der Waals surface area (Å²) in [4.78, 5) is 0. The first kappa shape index (κ1) is 41.6. The summed E-state index contributed by atoms with van der Waals surface area (Å²) in [6, 6.07) is 97.7. The summed E-state index contributed by atoms with van der Waals surface area (Å²) in [5, 5.41) is 14.9. The van der Waals surface area contributed by atoms with E-state index in [9.17, 15) is 0 Å². The molecule has 348 valence electrons. The van der Waals surface area contributed by atoms with Gasteiger partial charge in [0.2, 0.25) is 0 Å². The number of hydrogen-bond donors (Lipinski definition) is 0. The summed E-state index contributed by atoms with van der Waals surface area (Å²) in [7, 11) is 0. The molecule has 0 aliphatic heterocycles. The predicted octanol–water partition coefficient (Wildman–Crippen LogP) is 19.9. The van der Waals surface area contributed by atoms with Crippen molar-refractivity contribution in [1.29, 1.82) is 0 Å².